The zero-order valence-corrected chi connectivity index (χ0v) is 85.5. The monoisotopic (exact) mass is 1970 g/mol. The van der Waals surface area contributed by atoms with Crippen LogP contribution in [0.3, 0.4) is 0 Å². The van der Waals surface area contributed by atoms with Crippen molar-refractivity contribution in [3.63, 3.8) is 0 Å². The first-order valence-corrected chi connectivity index (χ1v) is 48.5. The Balaban J connectivity index is 0.000000180. The van der Waals surface area contributed by atoms with E-state index >= 15 is 0 Å². The van der Waals surface area contributed by atoms with Crippen LogP contribution in [-0.2, 0) is 137 Å². The SMILES string of the molecule is COc1ccc2nc3c(nc2c1)O[C@H]1CN(C(=O)[C@H](C(C)(C)C)CC(=O)O[C@@H]2C4CC(C4)[C@H]2CCCCC3)[C@H]([C-]=O)[C@@H]1C.COc1ccc2nc3c(nc2c1)O[C@H]1CN(C(=O)[C@H](C(C)(C)C)CC(=O)O[C@@H]2CCCN(C(C)=O)[C@H]2CCCCC3)[C@H]([C-]=O)[C@@H]1C.COc1ccc2nc3c(nc2c1)O[C@H]1CN(C(=O)[C@H](C(C)(C)C)CC(=O)O[C@@H]2C[C@@H]4C[C@@H]4[C@H]2CCCCC3)[C@H]([C-]=O)[C@@H]1C.[V].[V].[V]. The molecule has 20 atom stereocenters. The third kappa shape index (κ3) is 23.7. The Morgan fingerprint density at radius 2 is 0.741 bits per heavy atom. The second kappa shape index (κ2) is 44.8. The van der Waals surface area contributed by atoms with Crippen molar-refractivity contribution in [1.82, 2.24) is 49.5 Å². The molecule has 3 aromatic heterocycles. The Kier molecular flexibility index (Phi) is 35.0. The molecular weight excluding hydrogens is 1830 g/mol. The van der Waals surface area contributed by atoms with Crippen LogP contribution in [0.5, 0.6) is 34.9 Å². The van der Waals surface area contributed by atoms with Crippen LogP contribution in [-0.4, -0.2) is 218 Å². The maximum atomic E-state index is 14.2. The largest absolute Gasteiger partial charge is 0.540 e. The number of hydrogen-bond donors (Lipinski definition) is 0. The van der Waals surface area contributed by atoms with E-state index in [0.29, 0.717) is 131 Å². The Morgan fingerprint density at radius 3 is 1.10 bits per heavy atom. The van der Waals surface area contributed by atoms with Crippen molar-refractivity contribution in [3.05, 3.63) is 71.7 Å². The summed E-state index contributed by atoms with van der Waals surface area (Å²) in [7, 11) is 4.82. The number of likely N-dealkylation sites (tertiary alicyclic amines) is 1. The molecule has 7 aliphatic heterocycles. The molecule has 9 fully saturated rings. The Bertz CT molecular complexity index is 5150. The van der Waals surface area contributed by atoms with Gasteiger partial charge in [0.15, 0.2) is 0 Å². The minimum absolute atomic E-state index is 0. The number of ether oxygens (including phenoxy) is 9. The van der Waals surface area contributed by atoms with E-state index in [1.54, 1.807) is 38.1 Å². The maximum Gasteiger partial charge on any atom is 0.306 e. The fraction of sp³-hybridized carbons (Fsp3) is 0.670. The van der Waals surface area contributed by atoms with Crippen molar-refractivity contribution < 1.29 is 146 Å². The molecule has 12 aliphatic rings. The minimum atomic E-state index is -0.843. The third-order valence-corrected chi connectivity index (χ3v) is 30.8. The molecule has 5 aliphatic carbocycles. The van der Waals surface area contributed by atoms with Gasteiger partial charge in [-0.1, -0.05) is 140 Å². The number of rotatable bonds is 6. The van der Waals surface area contributed by atoms with Gasteiger partial charge in [-0.25, -0.2) is 48.8 Å². The van der Waals surface area contributed by atoms with Gasteiger partial charge < -0.3 is 76.6 Å². The van der Waals surface area contributed by atoms with Gasteiger partial charge in [0.2, 0.25) is 41.3 Å². The molecule has 8 bridgehead atoms. The van der Waals surface area contributed by atoms with Crippen molar-refractivity contribution >= 4 is 93.5 Å². The smallest absolute Gasteiger partial charge is 0.306 e. The Labute approximate surface area is 829 Å². The van der Waals surface area contributed by atoms with Gasteiger partial charge in [0, 0.05) is 87.3 Å². The topological polar surface area (TPSA) is 344 Å². The normalized spacial score (nSPS) is 30.9. The fourth-order valence-corrected chi connectivity index (χ4v) is 22.6. The second-order valence-electron chi connectivity index (χ2n) is 42.5. The number of carbonyl (C=O) groups excluding carboxylic acids is 10. The summed E-state index contributed by atoms with van der Waals surface area (Å²) in [6, 6.07) is 14.1. The van der Waals surface area contributed by atoms with E-state index in [1.165, 1.54) is 11.3 Å². The molecular formula is C103H135N10O19V3-3. The van der Waals surface area contributed by atoms with Crippen LogP contribution >= 0.6 is 0 Å². The summed E-state index contributed by atoms with van der Waals surface area (Å²) in [5, 5.41) is 0. The Hall–Kier alpha value is -8.47. The first-order valence-electron chi connectivity index (χ1n) is 48.5. The predicted octanol–water partition coefficient (Wildman–Crippen LogP) is 14.6. The molecule has 0 N–H and O–H groups in total. The van der Waals surface area contributed by atoms with E-state index in [1.807, 2.05) is 143 Å². The van der Waals surface area contributed by atoms with Crippen LogP contribution in [0.15, 0.2) is 54.6 Å². The molecule has 4 saturated heterocycles. The number of nitrogens with zero attached hydrogens (tertiary/aromatic N) is 10. The Morgan fingerprint density at radius 1 is 0.385 bits per heavy atom. The van der Waals surface area contributed by atoms with E-state index in [4.69, 9.17) is 72.5 Å². The van der Waals surface area contributed by atoms with Crippen molar-refractivity contribution in [2.45, 2.75) is 305 Å². The van der Waals surface area contributed by atoms with Gasteiger partial charge in [-0.3, -0.25) is 33.6 Å². The van der Waals surface area contributed by atoms with Crippen molar-refractivity contribution in [3.8, 4) is 34.9 Å². The zero-order valence-electron chi connectivity index (χ0n) is 81.3. The van der Waals surface area contributed by atoms with Crippen LogP contribution in [0.4, 0.5) is 0 Å². The van der Waals surface area contributed by atoms with E-state index in [0.717, 1.165) is 124 Å². The van der Waals surface area contributed by atoms with E-state index in [-0.39, 0.29) is 166 Å². The molecule has 29 nitrogen and oxygen atoms in total. The van der Waals surface area contributed by atoms with E-state index in [9.17, 15) is 47.9 Å². The molecule has 4 amide bonds. The van der Waals surface area contributed by atoms with Gasteiger partial charge in [0.05, 0.1) is 117 Å². The number of methoxy groups -OCH3 is 3. The zero-order chi connectivity index (χ0) is 94.1. The standard InChI is InChI=1S/C35H47N4O7.2C34H44N3O6.3V/c1-21-29(20-40)39-19-31(21)46-33-26(36-25-15-14-23(44-6)17-27(25)37-33)11-8-7-9-12-28-30(13-10-16-38(28)22(2)41)45-32(42)18-24(34(39)43)35(3,4)5;1-19-28(18-38)37-17-29(19)42-32-26(35-25-12-11-22(41-5)15-27(25)36-32)10-8-6-7-9-23-20-13-21(14-20)31(23)43-30(39)16-24(33(37)40)34(2,3)4;1-19-28(18-38)37-17-30(19)43-32-26(35-25-12-11-21(41-5)15-27(25)36-32)10-8-6-7-9-22-23-13-20(23)14-29(22)42-31(39)16-24(33(37)40)34(2,3)4;;;/h14-15,17,21,24,28-31H,7-13,16,18-19H2,1-6H3;11-12,15,19-21,23-24,28-29,31H,6-10,13-14,16-17H2,1-5H3;11-12,15,19-20,22-24,28-30H,6-10,13-14,16-17H2,1-5H3;;;/q3*-1;;;/t21-,24+,28-,29+,30+,31-;19-,20?,21?,23+,24+,28+,29-,31+;19-,20-,22+,23-,24+,28+,29+,30-;;;/m000.../s1. The summed E-state index contributed by atoms with van der Waals surface area (Å²) in [5.41, 5.74) is 4.85. The summed E-state index contributed by atoms with van der Waals surface area (Å²) in [5.74, 6) is 1.48. The number of benzene rings is 3. The molecule has 6 aromatic rings. The van der Waals surface area contributed by atoms with Gasteiger partial charge >= 0.3 is 17.9 Å². The second-order valence-corrected chi connectivity index (χ2v) is 42.5. The van der Waals surface area contributed by atoms with Crippen LogP contribution in [0, 0.1) is 87.3 Å². The molecule has 3 radical (unpaired) electrons. The first-order chi connectivity index (χ1) is 63.0. The van der Waals surface area contributed by atoms with Crippen LogP contribution in [0.25, 0.3) is 33.1 Å². The summed E-state index contributed by atoms with van der Waals surface area (Å²) >= 11 is 0. The minimum Gasteiger partial charge on any atom is -0.540 e. The average Bonchev–Trinajstić information content (AvgIpc) is 1.44. The number of aromatic nitrogens is 6. The molecule has 0 unspecified atom stereocenters. The number of fused-ring (bicyclic) bond motifs is 16. The maximum absolute atomic E-state index is 14.2. The van der Waals surface area contributed by atoms with Crippen molar-refractivity contribution in [2.75, 3.05) is 47.5 Å². The van der Waals surface area contributed by atoms with E-state index in [2.05, 4.69) is 18.9 Å². The van der Waals surface area contributed by atoms with E-state index < -0.39 is 82.5 Å². The number of esters is 3. The van der Waals surface area contributed by atoms with Gasteiger partial charge in [0.1, 0.15) is 71.0 Å². The quantitative estimate of drug-likeness (QED) is 0.0849. The average molecular weight is 1970 g/mol. The molecule has 32 heteroatoms. The third-order valence-electron chi connectivity index (χ3n) is 30.8. The van der Waals surface area contributed by atoms with Gasteiger partial charge in [-0.15, -0.1) is 0 Å². The van der Waals surface area contributed by atoms with Crippen LogP contribution < -0.4 is 28.4 Å². The number of aryl methyl sites for hydroxylation is 3. The molecule has 18 rings (SSSR count). The van der Waals surface area contributed by atoms with Gasteiger partial charge in [-0.2, -0.15) is 0 Å². The molecule has 0 spiro atoms. The van der Waals surface area contributed by atoms with Gasteiger partial charge in [-0.05, 0) is 202 Å². The number of piperidine rings is 1. The summed E-state index contributed by atoms with van der Waals surface area (Å²) < 4.78 is 54.2. The first kappa shape index (κ1) is 105. The molecule has 5 saturated carbocycles. The molecule has 10 heterocycles. The molecule has 729 valence electrons. The number of carbonyl (C=O) groups is 7. The summed E-state index contributed by atoms with van der Waals surface area (Å²) in [4.78, 5) is 168. The fourth-order valence-electron chi connectivity index (χ4n) is 22.6. The predicted molar refractivity (Wildman–Crippen MR) is 491 cm³/mol. The number of hydrogen-bond acceptors (Lipinski definition) is 25. The van der Waals surface area contributed by atoms with Crippen molar-refractivity contribution in [1.29, 1.82) is 0 Å². The van der Waals surface area contributed by atoms with Gasteiger partial charge in [0.25, 0.3) is 0 Å². The van der Waals surface area contributed by atoms with Crippen molar-refractivity contribution in [2.24, 2.45) is 87.3 Å². The molecule has 3 aromatic carbocycles. The number of amides is 4. The van der Waals surface area contributed by atoms with Crippen LogP contribution in [0.2, 0.25) is 0 Å². The summed E-state index contributed by atoms with van der Waals surface area (Å²) in [6.07, 6.45) is 23.3. The molecule has 135 heavy (non-hydrogen) atoms. The van der Waals surface area contributed by atoms with Crippen LogP contribution in [0.1, 0.15) is 242 Å². The summed E-state index contributed by atoms with van der Waals surface area (Å²) in [6.45, 7) is 25.9.